The fourth-order valence-electron chi connectivity index (χ4n) is 2.23. The Morgan fingerprint density at radius 2 is 1.89 bits per heavy atom. The van der Waals surface area contributed by atoms with E-state index >= 15 is 0 Å². The molecule has 0 aliphatic rings. The van der Waals surface area contributed by atoms with Crippen molar-refractivity contribution in [2.45, 2.75) is 12.3 Å². The minimum atomic E-state index is -0.214. The lowest BCUT2D eigenvalue weighted by atomic mass is 9.92. The number of halogens is 2. The summed E-state index contributed by atoms with van der Waals surface area (Å²) < 4.78 is 13.8. The molecule has 1 nitrogen and oxygen atoms in total. The van der Waals surface area contributed by atoms with Gasteiger partial charge >= 0.3 is 0 Å². The van der Waals surface area contributed by atoms with Gasteiger partial charge in [0.15, 0.2) is 0 Å². The van der Waals surface area contributed by atoms with E-state index in [2.05, 4.69) is 45.5 Å². The van der Waals surface area contributed by atoms with Gasteiger partial charge < -0.3 is 5.32 Å². The number of benzene rings is 2. The number of hydrogen-bond acceptors (Lipinski definition) is 1. The van der Waals surface area contributed by atoms with E-state index in [9.17, 15) is 4.39 Å². The molecule has 1 atom stereocenters. The van der Waals surface area contributed by atoms with E-state index in [4.69, 9.17) is 0 Å². The van der Waals surface area contributed by atoms with Gasteiger partial charge in [0.25, 0.3) is 0 Å². The van der Waals surface area contributed by atoms with E-state index in [1.54, 1.807) is 0 Å². The van der Waals surface area contributed by atoms with Crippen molar-refractivity contribution in [3.8, 4) is 0 Å². The van der Waals surface area contributed by atoms with Crippen LogP contribution in [-0.4, -0.2) is 13.6 Å². The predicted octanol–water partition coefficient (Wildman–Crippen LogP) is 4.13. The number of rotatable bonds is 5. The Kier molecular flexibility index (Phi) is 5.11. The monoisotopic (exact) mass is 321 g/mol. The maximum absolute atomic E-state index is 13.2. The molecule has 100 valence electrons. The van der Waals surface area contributed by atoms with Gasteiger partial charge in [0, 0.05) is 12.5 Å². The number of hydrogen-bond donors (Lipinski definition) is 1. The second kappa shape index (κ2) is 6.83. The van der Waals surface area contributed by atoms with Crippen LogP contribution in [0.5, 0.6) is 0 Å². The van der Waals surface area contributed by atoms with Gasteiger partial charge in [-0.05, 0) is 52.7 Å². The Bertz CT molecular complexity index is 528. The summed E-state index contributed by atoms with van der Waals surface area (Å²) in [5.74, 6) is 0.178. The average molecular weight is 322 g/mol. The van der Waals surface area contributed by atoms with Crippen LogP contribution in [0.4, 0.5) is 4.39 Å². The van der Waals surface area contributed by atoms with Crippen LogP contribution in [0.25, 0.3) is 0 Å². The lowest BCUT2D eigenvalue weighted by Crippen LogP contribution is -2.19. The zero-order chi connectivity index (χ0) is 13.7. The quantitative estimate of drug-likeness (QED) is 0.873. The summed E-state index contributed by atoms with van der Waals surface area (Å²) in [6.45, 7) is 0.902. The third-order valence-corrected chi connectivity index (χ3v) is 3.80. The molecule has 1 unspecified atom stereocenters. The molecule has 1 N–H and O–H groups in total. The standard InChI is InChI=1S/C16H17BrFN/c1-19-11-14(13-5-3-2-4-6-13)9-12-7-8-16(18)15(17)10-12/h2-8,10,14,19H,9,11H2,1H3. The molecule has 0 aromatic heterocycles. The van der Waals surface area contributed by atoms with Gasteiger partial charge in [-0.1, -0.05) is 36.4 Å². The SMILES string of the molecule is CNCC(Cc1ccc(F)c(Br)c1)c1ccccc1. The smallest absolute Gasteiger partial charge is 0.137 e. The van der Waals surface area contributed by atoms with Crippen LogP contribution in [0, 0.1) is 5.82 Å². The Labute approximate surface area is 122 Å². The van der Waals surface area contributed by atoms with E-state index in [0.29, 0.717) is 10.4 Å². The molecule has 19 heavy (non-hydrogen) atoms. The summed E-state index contributed by atoms with van der Waals surface area (Å²) in [5.41, 5.74) is 2.44. The molecule has 3 heteroatoms. The summed E-state index contributed by atoms with van der Waals surface area (Å²) in [6, 6.07) is 15.6. The van der Waals surface area contributed by atoms with Crippen molar-refractivity contribution < 1.29 is 4.39 Å². The molecular formula is C16H17BrFN. The van der Waals surface area contributed by atoms with Crippen molar-refractivity contribution in [1.82, 2.24) is 5.32 Å². The molecule has 0 spiro atoms. The van der Waals surface area contributed by atoms with Gasteiger partial charge in [-0.25, -0.2) is 4.39 Å². The molecule has 0 saturated carbocycles. The Hall–Kier alpha value is -1.19. The molecule has 0 saturated heterocycles. The topological polar surface area (TPSA) is 12.0 Å². The average Bonchev–Trinajstić information content (AvgIpc) is 2.43. The van der Waals surface area contributed by atoms with E-state index in [1.165, 1.54) is 11.6 Å². The van der Waals surface area contributed by atoms with E-state index < -0.39 is 0 Å². The maximum Gasteiger partial charge on any atom is 0.137 e. The first kappa shape index (κ1) is 14.2. The zero-order valence-corrected chi connectivity index (χ0v) is 12.5. The van der Waals surface area contributed by atoms with Crippen LogP contribution >= 0.6 is 15.9 Å². The van der Waals surface area contributed by atoms with E-state index in [-0.39, 0.29) is 5.82 Å². The van der Waals surface area contributed by atoms with Gasteiger partial charge in [-0.3, -0.25) is 0 Å². The van der Waals surface area contributed by atoms with Gasteiger partial charge in [0.1, 0.15) is 5.82 Å². The first-order valence-corrected chi connectivity index (χ1v) is 7.13. The van der Waals surface area contributed by atoms with Gasteiger partial charge in [0.05, 0.1) is 4.47 Å². The Morgan fingerprint density at radius 3 is 2.53 bits per heavy atom. The van der Waals surface area contributed by atoms with Crippen molar-refractivity contribution in [3.05, 3.63) is 69.9 Å². The third kappa shape index (κ3) is 3.88. The third-order valence-electron chi connectivity index (χ3n) is 3.19. The van der Waals surface area contributed by atoms with Crippen molar-refractivity contribution >= 4 is 15.9 Å². The molecule has 0 aliphatic carbocycles. The highest BCUT2D eigenvalue weighted by molar-refractivity contribution is 9.10. The predicted molar refractivity (Wildman–Crippen MR) is 80.9 cm³/mol. The highest BCUT2D eigenvalue weighted by Gasteiger charge is 2.12. The fourth-order valence-corrected chi connectivity index (χ4v) is 2.66. The molecule has 2 rings (SSSR count). The minimum Gasteiger partial charge on any atom is -0.319 e. The van der Waals surface area contributed by atoms with Crippen LogP contribution in [0.3, 0.4) is 0 Å². The number of nitrogens with one attached hydrogen (secondary N) is 1. The van der Waals surface area contributed by atoms with Gasteiger partial charge in [-0.15, -0.1) is 0 Å². The molecule has 2 aromatic rings. The molecule has 0 heterocycles. The lowest BCUT2D eigenvalue weighted by molar-refractivity contribution is 0.611. The molecular weight excluding hydrogens is 305 g/mol. The van der Waals surface area contributed by atoms with Crippen LogP contribution in [0.2, 0.25) is 0 Å². The van der Waals surface area contributed by atoms with Crippen molar-refractivity contribution in [1.29, 1.82) is 0 Å². The summed E-state index contributed by atoms with van der Waals surface area (Å²) in [6.07, 6.45) is 0.893. The molecule has 0 radical (unpaired) electrons. The van der Waals surface area contributed by atoms with Crippen LogP contribution < -0.4 is 5.32 Å². The fraction of sp³-hybridized carbons (Fsp3) is 0.250. The minimum absolute atomic E-state index is 0.214. The van der Waals surface area contributed by atoms with E-state index in [1.807, 2.05) is 25.2 Å². The second-order valence-corrected chi connectivity index (χ2v) is 5.47. The van der Waals surface area contributed by atoms with Crippen molar-refractivity contribution in [3.63, 3.8) is 0 Å². The molecule has 2 aromatic carbocycles. The highest BCUT2D eigenvalue weighted by Crippen LogP contribution is 2.23. The highest BCUT2D eigenvalue weighted by atomic mass is 79.9. The summed E-state index contributed by atoms with van der Waals surface area (Å²) in [5, 5.41) is 3.23. The zero-order valence-electron chi connectivity index (χ0n) is 10.9. The Morgan fingerprint density at radius 1 is 1.16 bits per heavy atom. The van der Waals surface area contributed by atoms with Gasteiger partial charge in [0.2, 0.25) is 0 Å². The largest absolute Gasteiger partial charge is 0.319 e. The van der Waals surface area contributed by atoms with Crippen LogP contribution in [-0.2, 0) is 6.42 Å². The molecule has 0 bridgehead atoms. The number of likely N-dealkylation sites (N-methyl/N-ethyl adjacent to an activating group) is 1. The summed E-state index contributed by atoms with van der Waals surface area (Å²) in [4.78, 5) is 0. The van der Waals surface area contributed by atoms with Gasteiger partial charge in [-0.2, -0.15) is 0 Å². The first-order valence-electron chi connectivity index (χ1n) is 6.34. The normalized spacial score (nSPS) is 12.4. The maximum atomic E-state index is 13.2. The molecule has 0 fully saturated rings. The second-order valence-electron chi connectivity index (χ2n) is 4.62. The molecule has 0 amide bonds. The van der Waals surface area contributed by atoms with Crippen molar-refractivity contribution in [2.75, 3.05) is 13.6 Å². The summed E-state index contributed by atoms with van der Waals surface area (Å²) in [7, 11) is 1.95. The first-order chi connectivity index (χ1) is 9.20. The van der Waals surface area contributed by atoms with E-state index in [0.717, 1.165) is 18.5 Å². The lowest BCUT2D eigenvalue weighted by Gasteiger charge is -2.17. The van der Waals surface area contributed by atoms with Crippen LogP contribution in [0.15, 0.2) is 53.0 Å². The van der Waals surface area contributed by atoms with Crippen molar-refractivity contribution in [2.24, 2.45) is 0 Å². The summed E-state index contributed by atoms with van der Waals surface area (Å²) >= 11 is 3.24. The molecule has 0 aliphatic heterocycles. The Balaban J connectivity index is 2.19. The van der Waals surface area contributed by atoms with Crippen LogP contribution in [0.1, 0.15) is 17.0 Å².